The van der Waals surface area contributed by atoms with Crippen molar-refractivity contribution in [2.45, 2.75) is 32.5 Å². The lowest BCUT2D eigenvalue weighted by Crippen LogP contribution is -2.34. The highest BCUT2D eigenvalue weighted by molar-refractivity contribution is 6.35. The molecular formula is C13H18Cl2O2. The van der Waals surface area contributed by atoms with Gasteiger partial charge in [0.2, 0.25) is 0 Å². The molecule has 0 aliphatic carbocycles. The van der Waals surface area contributed by atoms with Gasteiger partial charge in [-0.25, -0.2) is 0 Å². The van der Waals surface area contributed by atoms with E-state index in [1.807, 2.05) is 19.9 Å². The smallest absolute Gasteiger partial charge is 0.0856 e. The summed E-state index contributed by atoms with van der Waals surface area (Å²) in [4.78, 5) is 0. The van der Waals surface area contributed by atoms with Gasteiger partial charge in [-0.15, -0.1) is 0 Å². The van der Waals surface area contributed by atoms with Crippen molar-refractivity contribution in [3.8, 4) is 0 Å². The first-order valence-electron chi connectivity index (χ1n) is 5.60. The summed E-state index contributed by atoms with van der Waals surface area (Å²) in [6.45, 7) is 4.03. The Kier molecular flexibility index (Phi) is 5.74. The second-order valence-electron chi connectivity index (χ2n) is 4.45. The normalized spacial score (nSPS) is 15.0. The lowest BCUT2D eigenvalue weighted by Gasteiger charge is -2.25. The summed E-state index contributed by atoms with van der Waals surface area (Å²) >= 11 is 11.9. The molecule has 17 heavy (non-hydrogen) atoms. The molecular weight excluding hydrogens is 259 g/mol. The Morgan fingerprint density at radius 2 is 1.94 bits per heavy atom. The standard InChI is InChI=1S/C13H18Cl2O2/c1-8(2)13(17-3)12(16)6-9-4-5-10(14)7-11(9)15/h4-5,7-8,12-13,16H,6H2,1-3H3. The fourth-order valence-corrected chi connectivity index (χ4v) is 2.39. The molecule has 96 valence electrons. The van der Waals surface area contributed by atoms with Crippen molar-refractivity contribution in [2.75, 3.05) is 7.11 Å². The first kappa shape index (κ1) is 14.8. The van der Waals surface area contributed by atoms with Gasteiger partial charge in [0.1, 0.15) is 0 Å². The molecule has 0 saturated heterocycles. The second-order valence-corrected chi connectivity index (χ2v) is 5.30. The van der Waals surface area contributed by atoms with Crippen LogP contribution in [0.15, 0.2) is 18.2 Å². The minimum atomic E-state index is -0.571. The van der Waals surface area contributed by atoms with E-state index in [4.69, 9.17) is 27.9 Å². The molecule has 0 heterocycles. The lowest BCUT2D eigenvalue weighted by atomic mass is 9.96. The maximum atomic E-state index is 10.1. The molecule has 0 aliphatic rings. The Morgan fingerprint density at radius 1 is 1.29 bits per heavy atom. The molecule has 0 aromatic heterocycles. The van der Waals surface area contributed by atoms with E-state index in [0.29, 0.717) is 16.5 Å². The molecule has 2 nitrogen and oxygen atoms in total. The number of halogens is 2. The molecule has 0 radical (unpaired) electrons. The van der Waals surface area contributed by atoms with E-state index in [2.05, 4.69) is 0 Å². The van der Waals surface area contributed by atoms with Crippen LogP contribution < -0.4 is 0 Å². The summed E-state index contributed by atoms with van der Waals surface area (Å²) in [5.41, 5.74) is 0.881. The monoisotopic (exact) mass is 276 g/mol. The van der Waals surface area contributed by atoms with Gasteiger partial charge >= 0.3 is 0 Å². The van der Waals surface area contributed by atoms with Gasteiger partial charge in [0.15, 0.2) is 0 Å². The number of aliphatic hydroxyl groups excluding tert-OH is 1. The van der Waals surface area contributed by atoms with Crippen LogP contribution in [0.4, 0.5) is 0 Å². The Labute approximate surface area is 113 Å². The molecule has 2 unspecified atom stereocenters. The third-order valence-corrected chi connectivity index (χ3v) is 3.34. The average Bonchev–Trinajstić information content (AvgIpc) is 2.22. The summed E-state index contributed by atoms with van der Waals surface area (Å²) in [6.07, 6.45) is -0.299. The van der Waals surface area contributed by atoms with Gasteiger partial charge < -0.3 is 9.84 Å². The number of ether oxygens (including phenoxy) is 1. The number of methoxy groups -OCH3 is 1. The second kappa shape index (κ2) is 6.60. The van der Waals surface area contributed by atoms with Crippen LogP contribution in [0.3, 0.4) is 0 Å². The van der Waals surface area contributed by atoms with E-state index in [1.54, 1.807) is 19.2 Å². The van der Waals surface area contributed by atoms with E-state index in [-0.39, 0.29) is 12.0 Å². The van der Waals surface area contributed by atoms with Crippen molar-refractivity contribution in [1.82, 2.24) is 0 Å². The minimum Gasteiger partial charge on any atom is -0.390 e. The Hall–Kier alpha value is -0.280. The molecule has 0 fully saturated rings. The predicted octanol–water partition coefficient (Wildman–Crippen LogP) is 3.57. The van der Waals surface area contributed by atoms with Crippen LogP contribution in [-0.2, 0) is 11.2 Å². The fraction of sp³-hybridized carbons (Fsp3) is 0.538. The number of hydrogen-bond acceptors (Lipinski definition) is 2. The summed E-state index contributed by atoms with van der Waals surface area (Å²) in [6, 6.07) is 5.29. The van der Waals surface area contributed by atoms with Gasteiger partial charge in [-0.1, -0.05) is 43.1 Å². The number of rotatable bonds is 5. The summed E-state index contributed by atoms with van der Waals surface area (Å²) in [7, 11) is 1.61. The van der Waals surface area contributed by atoms with Crippen molar-refractivity contribution in [2.24, 2.45) is 5.92 Å². The molecule has 4 heteroatoms. The largest absolute Gasteiger partial charge is 0.390 e. The average molecular weight is 277 g/mol. The van der Waals surface area contributed by atoms with Gasteiger partial charge in [-0.05, 0) is 23.6 Å². The van der Waals surface area contributed by atoms with E-state index in [1.165, 1.54) is 0 Å². The van der Waals surface area contributed by atoms with Gasteiger partial charge in [-0.2, -0.15) is 0 Å². The first-order chi connectivity index (χ1) is 7.95. The Bertz CT molecular complexity index is 366. The van der Waals surface area contributed by atoms with Crippen molar-refractivity contribution >= 4 is 23.2 Å². The topological polar surface area (TPSA) is 29.5 Å². The number of hydrogen-bond donors (Lipinski definition) is 1. The molecule has 1 aromatic rings. The maximum absolute atomic E-state index is 10.1. The quantitative estimate of drug-likeness (QED) is 0.891. The molecule has 1 aromatic carbocycles. The van der Waals surface area contributed by atoms with Crippen molar-refractivity contribution < 1.29 is 9.84 Å². The fourth-order valence-electron chi connectivity index (χ4n) is 1.90. The van der Waals surface area contributed by atoms with Gasteiger partial charge in [0, 0.05) is 23.6 Å². The van der Waals surface area contributed by atoms with Crippen LogP contribution in [0.25, 0.3) is 0 Å². The summed E-state index contributed by atoms with van der Waals surface area (Å²) < 4.78 is 5.29. The highest BCUT2D eigenvalue weighted by atomic mass is 35.5. The maximum Gasteiger partial charge on any atom is 0.0856 e. The zero-order valence-electron chi connectivity index (χ0n) is 10.3. The third-order valence-electron chi connectivity index (χ3n) is 2.75. The molecule has 1 rings (SSSR count). The van der Waals surface area contributed by atoms with Crippen molar-refractivity contribution in [3.05, 3.63) is 33.8 Å². The first-order valence-corrected chi connectivity index (χ1v) is 6.36. The summed E-state index contributed by atoms with van der Waals surface area (Å²) in [5.74, 6) is 0.251. The molecule has 0 amide bonds. The van der Waals surface area contributed by atoms with Gasteiger partial charge in [0.05, 0.1) is 12.2 Å². The Balaban J connectivity index is 2.76. The predicted molar refractivity (Wildman–Crippen MR) is 71.8 cm³/mol. The number of benzene rings is 1. The van der Waals surface area contributed by atoms with Crippen molar-refractivity contribution in [1.29, 1.82) is 0 Å². The van der Waals surface area contributed by atoms with Crippen LogP contribution in [0.5, 0.6) is 0 Å². The lowest BCUT2D eigenvalue weighted by molar-refractivity contribution is -0.0367. The van der Waals surface area contributed by atoms with Crippen LogP contribution in [-0.4, -0.2) is 24.4 Å². The van der Waals surface area contributed by atoms with E-state index >= 15 is 0 Å². The van der Waals surface area contributed by atoms with Crippen LogP contribution in [0, 0.1) is 5.92 Å². The van der Waals surface area contributed by atoms with Crippen LogP contribution >= 0.6 is 23.2 Å². The molecule has 0 aliphatic heterocycles. The van der Waals surface area contributed by atoms with E-state index in [9.17, 15) is 5.11 Å². The molecule has 0 bridgehead atoms. The molecule has 0 saturated carbocycles. The zero-order valence-corrected chi connectivity index (χ0v) is 11.8. The van der Waals surface area contributed by atoms with E-state index in [0.717, 1.165) is 5.56 Å². The van der Waals surface area contributed by atoms with Crippen molar-refractivity contribution in [3.63, 3.8) is 0 Å². The van der Waals surface area contributed by atoms with Gasteiger partial charge in [-0.3, -0.25) is 0 Å². The molecule has 2 atom stereocenters. The van der Waals surface area contributed by atoms with Crippen LogP contribution in [0.2, 0.25) is 10.0 Å². The van der Waals surface area contributed by atoms with Crippen LogP contribution in [0.1, 0.15) is 19.4 Å². The SMILES string of the molecule is COC(C(C)C)C(O)Cc1ccc(Cl)cc1Cl. The Morgan fingerprint density at radius 3 is 2.41 bits per heavy atom. The minimum absolute atomic E-state index is 0.193. The highest BCUT2D eigenvalue weighted by Crippen LogP contribution is 2.24. The zero-order chi connectivity index (χ0) is 13.0. The van der Waals surface area contributed by atoms with E-state index < -0.39 is 6.10 Å². The summed E-state index contributed by atoms with van der Waals surface area (Å²) in [5, 5.41) is 11.3. The number of aliphatic hydroxyl groups is 1. The highest BCUT2D eigenvalue weighted by Gasteiger charge is 2.23. The molecule has 1 N–H and O–H groups in total. The molecule has 0 spiro atoms. The van der Waals surface area contributed by atoms with Gasteiger partial charge in [0.25, 0.3) is 0 Å². The third kappa shape index (κ3) is 4.14.